The highest BCUT2D eigenvalue weighted by Gasteiger charge is 2.15. The van der Waals surface area contributed by atoms with Crippen LogP contribution in [0, 0.1) is 10.1 Å². The van der Waals surface area contributed by atoms with E-state index in [2.05, 4.69) is 4.74 Å². The Morgan fingerprint density at radius 2 is 2.28 bits per heavy atom. The number of nitro benzene ring substituents is 1. The van der Waals surface area contributed by atoms with Crippen molar-refractivity contribution in [3.63, 3.8) is 0 Å². The normalized spacial score (nSPS) is 10.6. The van der Waals surface area contributed by atoms with Crippen LogP contribution in [0.3, 0.4) is 0 Å². The number of rotatable bonds is 4. The highest BCUT2D eigenvalue weighted by atomic mass is 35.5. The van der Waals surface area contributed by atoms with E-state index in [1.165, 1.54) is 31.4 Å². The summed E-state index contributed by atoms with van der Waals surface area (Å²) in [5, 5.41) is 10.9. The Morgan fingerprint density at radius 3 is 2.83 bits per heavy atom. The van der Waals surface area contributed by atoms with E-state index in [1.807, 2.05) is 0 Å². The van der Waals surface area contributed by atoms with Crippen LogP contribution >= 0.6 is 11.6 Å². The number of nitrogen functional groups attached to an aromatic ring is 1. The maximum atomic E-state index is 10.9. The summed E-state index contributed by atoms with van der Waals surface area (Å²) in [6, 6.07) is 2.66. The lowest BCUT2D eigenvalue weighted by molar-refractivity contribution is -0.383. The summed E-state index contributed by atoms with van der Waals surface area (Å²) in [6.45, 7) is 0. The van der Waals surface area contributed by atoms with Gasteiger partial charge in [0.05, 0.1) is 18.5 Å². The molecule has 1 aromatic rings. The van der Waals surface area contributed by atoms with Gasteiger partial charge in [0.1, 0.15) is 5.69 Å². The third kappa shape index (κ3) is 3.46. The van der Waals surface area contributed by atoms with Crippen LogP contribution in [-0.2, 0) is 9.53 Å². The first kappa shape index (κ1) is 14.0. The van der Waals surface area contributed by atoms with E-state index in [0.29, 0.717) is 5.56 Å². The van der Waals surface area contributed by atoms with E-state index in [1.54, 1.807) is 0 Å². The topological polar surface area (TPSA) is 95.5 Å². The highest BCUT2D eigenvalue weighted by Crippen LogP contribution is 2.30. The van der Waals surface area contributed by atoms with Gasteiger partial charge in [-0.1, -0.05) is 23.8 Å². The number of nitro groups is 1. The van der Waals surface area contributed by atoms with E-state index in [4.69, 9.17) is 17.3 Å². The van der Waals surface area contributed by atoms with Crippen molar-refractivity contribution in [2.45, 2.75) is 6.42 Å². The van der Waals surface area contributed by atoms with Gasteiger partial charge in [-0.3, -0.25) is 14.9 Å². The van der Waals surface area contributed by atoms with Crippen molar-refractivity contribution in [3.05, 3.63) is 38.9 Å². The first-order valence-corrected chi connectivity index (χ1v) is 5.30. The summed E-state index contributed by atoms with van der Waals surface area (Å²) in [5.74, 6) is -0.415. The number of ether oxygens (including phenoxy) is 1. The molecule has 1 aromatic carbocycles. The van der Waals surface area contributed by atoms with E-state index < -0.39 is 10.9 Å². The number of methoxy groups -OCH3 is 1. The Labute approximate surface area is 108 Å². The lowest BCUT2D eigenvalue weighted by atomic mass is 10.1. The molecular weight excluding hydrogens is 260 g/mol. The minimum atomic E-state index is -0.612. The Morgan fingerprint density at radius 1 is 1.61 bits per heavy atom. The summed E-state index contributed by atoms with van der Waals surface area (Å²) in [7, 11) is 1.27. The van der Waals surface area contributed by atoms with Crippen molar-refractivity contribution >= 4 is 35.0 Å². The molecule has 0 spiro atoms. The maximum Gasteiger partial charge on any atom is 0.309 e. The number of nitrogens with zero attached hydrogens (tertiary/aromatic N) is 1. The summed E-state index contributed by atoms with van der Waals surface area (Å²) >= 11 is 5.75. The zero-order valence-corrected chi connectivity index (χ0v) is 10.3. The highest BCUT2D eigenvalue weighted by molar-refractivity contribution is 6.31. The maximum absolute atomic E-state index is 10.9. The molecule has 0 atom stereocenters. The molecular formula is C11H11ClN2O4. The van der Waals surface area contributed by atoms with Crippen LogP contribution in [0.15, 0.2) is 18.2 Å². The number of anilines is 1. The molecule has 0 bridgehead atoms. The van der Waals surface area contributed by atoms with Gasteiger partial charge >= 0.3 is 5.97 Å². The molecule has 6 nitrogen and oxygen atoms in total. The van der Waals surface area contributed by atoms with Gasteiger partial charge in [-0.25, -0.2) is 0 Å². The largest absolute Gasteiger partial charge is 0.469 e. The molecule has 0 unspecified atom stereocenters. The van der Waals surface area contributed by atoms with Crippen LogP contribution < -0.4 is 5.73 Å². The lowest BCUT2D eigenvalue weighted by Gasteiger charge is -2.02. The third-order valence-electron chi connectivity index (χ3n) is 2.16. The zero-order valence-electron chi connectivity index (χ0n) is 9.55. The molecule has 0 saturated heterocycles. The number of halogens is 1. The fraction of sp³-hybridized carbons (Fsp3) is 0.182. The number of nitrogens with two attached hydrogens (primary N) is 1. The Hall–Kier alpha value is -2.08. The summed E-state index contributed by atoms with van der Waals surface area (Å²) < 4.78 is 4.45. The van der Waals surface area contributed by atoms with E-state index in [0.717, 1.165) is 0 Å². The predicted octanol–water partition coefficient (Wildman–Crippen LogP) is 2.41. The molecule has 0 amide bonds. The van der Waals surface area contributed by atoms with Crippen molar-refractivity contribution in [3.8, 4) is 0 Å². The molecule has 1 rings (SSSR count). The number of benzene rings is 1. The number of hydrogen-bond donors (Lipinski definition) is 1. The van der Waals surface area contributed by atoms with Gasteiger partial charge < -0.3 is 10.5 Å². The van der Waals surface area contributed by atoms with Gasteiger partial charge in [0.25, 0.3) is 5.69 Å². The van der Waals surface area contributed by atoms with Crippen LogP contribution in [0.2, 0.25) is 5.02 Å². The Kier molecular flexibility index (Phi) is 4.67. The first-order chi connectivity index (χ1) is 8.45. The van der Waals surface area contributed by atoms with Crippen molar-refractivity contribution in [2.24, 2.45) is 0 Å². The molecule has 0 saturated carbocycles. The Bertz CT molecular complexity index is 514. The summed E-state index contributed by atoms with van der Waals surface area (Å²) in [4.78, 5) is 21.0. The molecule has 0 aliphatic heterocycles. The smallest absolute Gasteiger partial charge is 0.309 e. The molecule has 96 valence electrons. The van der Waals surface area contributed by atoms with E-state index >= 15 is 0 Å². The van der Waals surface area contributed by atoms with Gasteiger partial charge in [-0.05, 0) is 6.07 Å². The first-order valence-electron chi connectivity index (χ1n) is 4.92. The Balaban J connectivity index is 3.02. The quantitative estimate of drug-likeness (QED) is 0.392. The van der Waals surface area contributed by atoms with Gasteiger partial charge in [0.2, 0.25) is 0 Å². The molecule has 7 heteroatoms. The van der Waals surface area contributed by atoms with Crippen molar-refractivity contribution in [1.29, 1.82) is 0 Å². The van der Waals surface area contributed by atoms with E-state index in [9.17, 15) is 14.9 Å². The SMILES string of the molecule is COC(=O)CC=Cc1cc(Cl)cc([N+](=O)[O-])c1N. The molecule has 0 radical (unpaired) electrons. The van der Waals surface area contributed by atoms with E-state index in [-0.39, 0.29) is 22.8 Å². The average Bonchev–Trinajstić information content (AvgIpc) is 2.32. The van der Waals surface area contributed by atoms with Gasteiger partial charge in [0, 0.05) is 16.7 Å². The van der Waals surface area contributed by atoms with Crippen LogP contribution in [0.25, 0.3) is 6.08 Å². The second kappa shape index (κ2) is 6.02. The second-order valence-corrected chi connectivity index (χ2v) is 3.80. The van der Waals surface area contributed by atoms with Crippen LogP contribution in [0.4, 0.5) is 11.4 Å². The van der Waals surface area contributed by atoms with Crippen LogP contribution in [-0.4, -0.2) is 18.0 Å². The average molecular weight is 271 g/mol. The summed E-state index contributed by atoms with van der Waals surface area (Å²) in [6.07, 6.45) is 3.04. The number of hydrogen-bond acceptors (Lipinski definition) is 5. The number of esters is 1. The van der Waals surface area contributed by atoms with Gasteiger partial charge in [-0.2, -0.15) is 0 Å². The van der Waals surface area contributed by atoms with Crippen molar-refractivity contribution in [1.82, 2.24) is 0 Å². The molecule has 0 aromatic heterocycles. The molecule has 0 aliphatic rings. The van der Waals surface area contributed by atoms with Gasteiger partial charge in [-0.15, -0.1) is 0 Å². The molecule has 2 N–H and O–H groups in total. The monoisotopic (exact) mass is 270 g/mol. The second-order valence-electron chi connectivity index (χ2n) is 3.37. The van der Waals surface area contributed by atoms with Gasteiger partial charge in [0.15, 0.2) is 0 Å². The van der Waals surface area contributed by atoms with Crippen molar-refractivity contribution in [2.75, 3.05) is 12.8 Å². The lowest BCUT2D eigenvalue weighted by Crippen LogP contribution is -1.99. The molecule has 18 heavy (non-hydrogen) atoms. The molecule has 0 heterocycles. The zero-order chi connectivity index (χ0) is 13.7. The van der Waals surface area contributed by atoms with Crippen LogP contribution in [0.1, 0.15) is 12.0 Å². The fourth-order valence-corrected chi connectivity index (χ4v) is 1.50. The number of carbonyl (C=O) groups is 1. The van der Waals surface area contributed by atoms with Crippen LogP contribution in [0.5, 0.6) is 0 Å². The molecule has 0 fully saturated rings. The third-order valence-corrected chi connectivity index (χ3v) is 2.38. The predicted molar refractivity (Wildman–Crippen MR) is 68.2 cm³/mol. The number of carbonyl (C=O) groups excluding carboxylic acids is 1. The van der Waals surface area contributed by atoms with Crippen molar-refractivity contribution < 1.29 is 14.5 Å². The minimum Gasteiger partial charge on any atom is -0.469 e. The molecule has 0 aliphatic carbocycles. The standard InChI is InChI=1S/C11H11ClN2O4/c1-18-10(15)4-2-3-7-5-8(12)6-9(11(7)13)14(16)17/h2-3,5-6H,4,13H2,1H3. The fourth-order valence-electron chi connectivity index (χ4n) is 1.28. The summed E-state index contributed by atoms with van der Waals surface area (Å²) in [5.41, 5.74) is 5.76. The minimum absolute atomic E-state index is 0.00511.